The Balaban J connectivity index is 1.89. The molecule has 0 spiro atoms. The predicted octanol–water partition coefficient (Wildman–Crippen LogP) is 0.245. The SMILES string of the molecule is NCCc1cn2cc(N3CCNCC3)ccc2n1. The summed E-state index contributed by atoms with van der Waals surface area (Å²) in [5, 5.41) is 3.37. The van der Waals surface area contributed by atoms with Crippen LogP contribution in [0.5, 0.6) is 0 Å². The maximum absolute atomic E-state index is 5.56. The number of hydrogen-bond acceptors (Lipinski definition) is 4. The number of fused-ring (bicyclic) bond motifs is 1. The smallest absolute Gasteiger partial charge is 0.137 e. The average molecular weight is 245 g/mol. The molecular formula is C13H19N5. The van der Waals surface area contributed by atoms with E-state index in [1.165, 1.54) is 5.69 Å². The lowest BCUT2D eigenvalue weighted by molar-refractivity contribution is 0.588. The molecule has 0 unspecified atom stereocenters. The Kier molecular flexibility index (Phi) is 3.17. The monoisotopic (exact) mass is 245 g/mol. The third-order valence-corrected chi connectivity index (χ3v) is 3.37. The normalized spacial score (nSPS) is 16.4. The van der Waals surface area contributed by atoms with Crippen molar-refractivity contribution in [2.24, 2.45) is 5.73 Å². The molecule has 3 rings (SSSR count). The molecule has 0 aromatic carbocycles. The highest BCUT2D eigenvalue weighted by atomic mass is 15.2. The first-order valence-corrected chi connectivity index (χ1v) is 6.50. The van der Waals surface area contributed by atoms with Gasteiger partial charge in [0.25, 0.3) is 0 Å². The summed E-state index contributed by atoms with van der Waals surface area (Å²) in [6.45, 7) is 4.89. The summed E-state index contributed by atoms with van der Waals surface area (Å²) in [4.78, 5) is 6.94. The number of anilines is 1. The molecule has 0 aliphatic carbocycles. The quantitative estimate of drug-likeness (QED) is 0.813. The van der Waals surface area contributed by atoms with E-state index < -0.39 is 0 Å². The van der Waals surface area contributed by atoms with Crippen molar-refractivity contribution in [2.45, 2.75) is 6.42 Å². The minimum absolute atomic E-state index is 0.647. The molecule has 1 aliphatic rings. The summed E-state index contributed by atoms with van der Waals surface area (Å²) in [7, 11) is 0. The van der Waals surface area contributed by atoms with Gasteiger partial charge in [0, 0.05) is 45.0 Å². The van der Waals surface area contributed by atoms with Crippen molar-refractivity contribution in [3.8, 4) is 0 Å². The summed E-state index contributed by atoms with van der Waals surface area (Å²) < 4.78 is 2.10. The van der Waals surface area contributed by atoms with Crippen molar-refractivity contribution < 1.29 is 0 Å². The number of pyridine rings is 1. The Morgan fingerprint density at radius 1 is 1.22 bits per heavy atom. The number of nitrogens with one attached hydrogen (secondary N) is 1. The van der Waals surface area contributed by atoms with Gasteiger partial charge in [-0.25, -0.2) is 4.98 Å². The van der Waals surface area contributed by atoms with Crippen LogP contribution in [0.1, 0.15) is 5.69 Å². The number of rotatable bonds is 3. The first-order chi connectivity index (χ1) is 8.86. The number of imidazole rings is 1. The highest BCUT2D eigenvalue weighted by molar-refractivity contribution is 5.52. The van der Waals surface area contributed by atoms with Crippen LogP contribution < -0.4 is 16.0 Å². The lowest BCUT2D eigenvalue weighted by Crippen LogP contribution is -2.43. The van der Waals surface area contributed by atoms with Gasteiger partial charge in [-0.05, 0) is 18.7 Å². The molecule has 3 heterocycles. The number of nitrogens with zero attached hydrogens (tertiary/aromatic N) is 3. The molecule has 0 amide bonds. The minimum atomic E-state index is 0.647. The molecule has 18 heavy (non-hydrogen) atoms. The molecular weight excluding hydrogens is 226 g/mol. The van der Waals surface area contributed by atoms with Crippen LogP contribution in [0.3, 0.4) is 0 Å². The van der Waals surface area contributed by atoms with Gasteiger partial charge >= 0.3 is 0 Å². The minimum Gasteiger partial charge on any atom is -0.368 e. The molecule has 96 valence electrons. The number of piperazine rings is 1. The molecule has 1 fully saturated rings. The number of hydrogen-bond donors (Lipinski definition) is 2. The van der Waals surface area contributed by atoms with Gasteiger partial charge in [-0.2, -0.15) is 0 Å². The molecule has 0 bridgehead atoms. The lowest BCUT2D eigenvalue weighted by Gasteiger charge is -2.29. The maximum Gasteiger partial charge on any atom is 0.137 e. The van der Waals surface area contributed by atoms with Crippen LogP contribution in [-0.2, 0) is 6.42 Å². The zero-order chi connectivity index (χ0) is 12.4. The van der Waals surface area contributed by atoms with Crippen LogP contribution in [0.2, 0.25) is 0 Å². The zero-order valence-electron chi connectivity index (χ0n) is 10.5. The van der Waals surface area contributed by atoms with E-state index in [1.54, 1.807) is 0 Å². The molecule has 2 aromatic heterocycles. The Bertz CT molecular complexity index is 527. The van der Waals surface area contributed by atoms with E-state index in [4.69, 9.17) is 5.73 Å². The Morgan fingerprint density at radius 2 is 2.06 bits per heavy atom. The van der Waals surface area contributed by atoms with Gasteiger partial charge in [-0.3, -0.25) is 0 Å². The largest absolute Gasteiger partial charge is 0.368 e. The molecule has 0 saturated carbocycles. The first-order valence-electron chi connectivity index (χ1n) is 6.50. The van der Waals surface area contributed by atoms with E-state index in [9.17, 15) is 0 Å². The number of aromatic nitrogens is 2. The molecule has 1 saturated heterocycles. The molecule has 0 radical (unpaired) electrons. The molecule has 1 aliphatic heterocycles. The third-order valence-electron chi connectivity index (χ3n) is 3.37. The van der Waals surface area contributed by atoms with Gasteiger partial charge in [0.1, 0.15) is 5.65 Å². The van der Waals surface area contributed by atoms with Gasteiger partial charge in [-0.15, -0.1) is 0 Å². The Hall–Kier alpha value is -1.59. The van der Waals surface area contributed by atoms with Crippen molar-refractivity contribution >= 4 is 11.3 Å². The fourth-order valence-electron chi connectivity index (χ4n) is 2.41. The summed E-state index contributed by atoms with van der Waals surface area (Å²) >= 11 is 0. The van der Waals surface area contributed by atoms with Gasteiger partial charge in [0.2, 0.25) is 0 Å². The van der Waals surface area contributed by atoms with Crippen LogP contribution in [0.4, 0.5) is 5.69 Å². The molecule has 2 aromatic rings. The fourth-order valence-corrected chi connectivity index (χ4v) is 2.41. The molecule has 0 atom stereocenters. The van der Waals surface area contributed by atoms with E-state index in [2.05, 4.69) is 44.1 Å². The highest BCUT2D eigenvalue weighted by Crippen LogP contribution is 2.16. The summed E-state index contributed by atoms with van der Waals surface area (Å²) in [5.74, 6) is 0. The molecule has 3 N–H and O–H groups in total. The Labute approximate surface area is 107 Å². The average Bonchev–Trinajstić information content (AvgIpc) is 2.81. The summed E-state index contributed by atoms with van der Waals surface area (Å²) in [5.41, 5.74) is 8.89. The standard InChI is InChI=1S/C13H19N5/c14-4-3-11-9-18-10-12(1-2-13(18)16-11)17-7-5-15-6-8-17/h1-2,9-10,15H,3-8,14H2. The van der Waals surface area contributed by atoms with Gasteiger partial charge in [0.15, 0.2) is 0 Å². The first kappa shape index (κ1) is 11.5. The van der Waals surface area contributed by atoms with Gasteiger partial charge in [-0.1, -0.05) is 0 Å². The second-order valence-electron chi connectivity index (χ2n) is 4.66. The van der Waals surface area contributed by atoms with E-state index in [-0.39, 0.29) is 0 Å². The maximum atomic E-state index is 5.56. The second-order valence-corrected chi connectivity index (χ2v) is 4.66. The van der Waals surface area contributed by atoms with Crippen molar-refractivity contribution in [3.63, 3.8) is 0 Å². The zero-order valence-corrected chi connectivity index (χ0v) is 10.5. The predicted molar refractivity (Wildman–Crippen MR) is 73.0 cm³/mol. The molecule has 5 nitrogen and oxygen atoms in total. The van der Waals surface area contributed by atoms with Crippen molar-refractivity contribution in [2.75, 3.05) is 37.6 Å². The second kappa shape index (κ2) is 4.96. The summed E-state index contributed by atoms with van der Waals surface area (Å²) in [6, 6.07) is 4.23. The van der Waals surface area contributed by atoms with Crippen LogP contribution in [0.15, 0.2) is 24.5 Å². The summed E-state index contributed by atoms with van der Waals surface area (Å²) in [6.07, 6.45) is 5.08. The fraction of sp³-hybridized carbons (Fsp3) is 0.462. The highest BCUT2D eigenvalue weighted by Gasteiger charge is 2.11. The van der Waals surface area contributed by atoms with Crippen LogP contribution in [0.25, 0.3) is 5.65 Å². The van der Waals surface area contributed by atoms with Gasteiger partial charge < -0.3 is 20.4 Å². The molecule has 5 heteroatoms. The van der Waals surface area contributed by atoms with Crippen LogP contribution in [-0.4, -0.2) is 42.1 Å². The van der Waals surface area contributed by atoms with Crippen molar-refractivity contribution in [1.82, 2.24) is 14.7 Å². The Morgan fingerprint density at radius 3 is 2.83 bits per heavy atom. The lowest BCUT2D eigenvalue weighted by atomic mass is 10.3. The van der Waals surface area contributed by atoms with E-state index in [0.717, 1.165) is 43.9 Å². The van der Waals surface area contributed by atoms with Crippen LogP contribution in [0, 0.1) is 0 Å². The van der Waals surface area contributed by atoms with Crippen LogP contribution >= 0.6 is 0 Å². The van der Waals surface area contributed by atoms with E-state index >= 15 is 0 Å². The number of nitrogens with two attached hydrogens (primary N) is 1. The van der Waals surface area contributed by atoms with Crippen molar-refractivity contribution in [3.05, 3.63) is 30.2 Å². The third kappa shape index (κ3) is 2.19. The van der Waals surface area contributed by atoms with E-state index in [1.807, 2.05) is 0 Å². The van der Waals surface area contributed by atoms with Crippen molar-refractivity contribution in [1.29, 1.82) is 0 Å². The topological polar surface area (TPSA) is 58.6 Å². The van der Waals surface area contributed by atoms with Gasteiger partial charge in [0.05, 0.1) is 11.4 Å². The van der Waals surface area contributed by atoms with E-state index in [0.29, 0.717) is 6.54 Å².